The lowest BCUT2D eigenvalue weighted by Gasteiger charge is -2.14. The molecule has 1 aliphatic rings. The molecule has 6 heteroatoms. The van der Waals surface area contributed by atoms with Crippen molar-refractivity contribution in [2.45, 2.75) is 32.0 Å². The van der Waals surface area contributed by atoms with E-state index in [0.29, 0.717) is 12.6 Å². The molecule has 0 aliphatic heterocycles. The van der Waals surface area contributed by atoms with Gasteiger partial charge in [0.15, 0.2) is 0 Å². The normalized spacial score (nSPS) is 15.8. The van der Waals surface area contributed by atoms with Crippen molar-refractivity contribution in [3.05, 3.63) is 71.5 Å². The molecule has 1 amide bonds. The quantitative estimate of drug-likeness (QED) is 0.716. The van der Waals surface area contributed by atoms with Gasteiger partial charge in [-0.25, -0.2) is 4.68 Å². The van der Waals surface area contributed by atoms with Gasteiger partial charge in [-0.15, -0.1) is 5.10 Å². The number of nitrogens with one attached hydrogen (secondary N) is 1. The molecule has 0 saturated carbocycles. The molecular weight excluding hydrogens is 326 g/mol. The number of hydrogen-bond donors (Lipinski definition) is 2. The fourth-order valence-electron chi connectivity index (χ4n) is 3.51. The van der Waals surface area contributed by atoms with Crippen molar-refractivity contribution in [1.82, 2.24) is 20.3 Å². The molecule has 1 atom stereocenters. The Balaban J connectivity index is 1.47. The summed E-state index contributed by atoms with van der Waals surface area (Å²) in [5, 5.41) is 11.6. The number of nitrogens with two attached hydrogens (primary N) is 1. The molecule has 26 heavy (non-hydrogen) atoms. The molecule has 132 valence electrons. The maximum absolute atomic E-state index is 10.9. The molecule has 1 aromatic heterocycles. The molecule has 2 aromatic carbocycles. The lowest BCUT2D eigenvalue weighted by atomic mass is 9.99. The van der Waals surface area contributed by atoms with Crippen LogP contribution in [0.5, 0.6) is 0 Å². The molecule has 1 unspecified atom stereocenters. The van der Waals surface area contributed by atoms with Crippen molar-refractivity contribution < 1.29 is 4.79 Å². The van der Waals surface area contributed by atoms with Crippen LogP contribution in [0.4, 0.5) is 0 Å². The van der Waals surface area contributed by atoms with Gasteiger partial charge in [0.1, 0.15) is 6.54 Å². The summed E-state index contributed by atoms with van der Waals surface area (Å²) in [7, 11) is 0. The van der Waals surface area contributed by atoms with Gasteiger partial charge in [0, 0.05) is 12.6 Å². The Bertz CT molecular complexity index is 919. The average Bonchev–Trinajstić information content (AvgIpc) is 3.26. The highest BCUT2D eigenvalue weighted by atomic mass is 16.1. The minimum atomic E-state index is -0.424. The van der Waals surface area contributed by atoms with Gasteiger partial charge in [-0.2, -0.15) is 0 Å². The molecule has 1 aliphatic carbocycles. The van der Waals surface area contributed by atoms with E-state index in [4.69, 9.17) is 5.73 Å². The zero-order chi connectivity index (χ0) is 17.9. The summed E-state index contributed by atoms with van der Waals surface area (Å²) in [6.07, 6.45) is 3.91. The van der Waals surface area contributed by atoms with Gasteiger partial charge in [0.2, 0.25) is 5.91 Å². The number of carbonyl (C=O) groups excluding carboxylic acids is 1. The second kappa shape index (κ2) is 7.09. The lowest BCUT2D eigenvalue weighted by molar-refractivity contribution is -0.118. The number of hydrogen-bond acceptors (Lipinski definition) is 4. The van der Waals surface area contributed by atoms with Crippen LogP contribution < -0.4 is 11.1 Å². The van der Waals surface area contributed by atoms with Crippen LogP contribution in [0.25, 0.3) is 11.1 Å². The SMILES string of the molecule is NC(=O)Cn1cc(CNC2CCc3ccc(-c4ccccc4)cc32)nn1. The summed E-state index contributed by atoms with van der Waals surface area (Å²) in [5.41, 5.74) is 11.2. The highest BCUT2D eigenvalue weighted by Gasteiger charge is 2.22. The Morgan fingerprint density at radius 3 is 2.85 bits per heavy atom. The molecule has 3 N–H and O–H groups in total. The molecule has 3 aromatic rings. The number of primary amides is 1. The molecule has 0 saturated heterocycles. The number of benzene rings is 2. The van der Waals surface area contributed by atoms with E-state index in [2.05, 4.69) is 58.1 Å². The van der Waals surface area contributed by atoms with Crippen molar-refractivity contribution in [3.8, 4) is 11.1 Å². The Hall–Kier alpha value is -2.99. The maximum atomic E-state index is 10.9. The zero-order valence-electron chi connectivity index (χ0n) is 14.4. The number of amides is 1. The van der Waals surface area contributed by atoms with Crippen LogP contribution in [0.1, 0.15) is 29.3 Å². The third-order valence-corrected chi connectivity index (χ3v) is 4.76. The zero-order valence-corrected chi connectivity index (χ0v) is 14.4. The molecular formula is C20H21N5O. The Morgan fingerprint density at radius 2 is 2.04 bits per heavy atom. The monoisotopic (exact) mass is 347 g/mol. The third kappa shape index (κ3) is 3.50. The second-order valence-electron chi connectivity index (χ2n) is 6.63. The predicted octanol–water partition coefficient (Wildman–Crippen LogP) is 2.21. The average molecular weight is 347 g/mol. The molecule has 0 bridgehead atoms. The lowest BCUT2D eigenvalue weighted by Crippen LogP contribution is -2.19. The number of nitrogens with zero attached hydrogens (tertiary/aromatic N) is 3. The molecule has 0 radical (unpaired) electrons. The van der Waals surface area contributed by atoms with E-state index < -0.39 is 5.91 Å². The summed E-state index contributed by atoms with van der Waals surface area (Å²) in [6, 6.07) is 17.5. The third-order valence-electron chi connectivity index (χ3n) is 4.76. The van der Waals surface area contributed by atoms with Crippen LogP contribution >= 0.6 is 0 Å². The van der Waals surface area contributed by atoms with Crippen molar-refractivity contribution >= 4 is 5.91 Å². The summed E-state index contributed by atoms with van der Waals surface area (Å²) in [4.78, 5) is 10.9. The van der Waals surface area contributed by atoms with Crippen LogP contribution in [0.3, 0.4) is 0 Å². The predicted molar refractivity (Wildman–Crippen MR) is 99.0 cm³/mol. The van der Waals surface area contributed by atoms with Gasteiger partial charge >= 0.3 is 0 Å². The van der Waals surface area contributed by atoms with Crippen molar-refractivity contribution in [2.75, 3.05) is 0 Å². The fourth-order valence-corrected chi connectivity index (χ4v) is 3.51. The molecule has 1 heterocycles. The first kappa shape index (κ1) is 16.5. The molecule has 6 nitrogen and oxygen atoms in total. The Morgan fingerprint density at radius 1 is 1.19 bits per heavy atom. The van der Waals surface area contributed by atoms with Crippen LogP contribution in [0, 0.1) is 0 Å². The summed E-state index contributed by atoms with van der Waals surface area (Å²) >= 11 is 0. The van der Waals surface area contributed by atoms with Gasteiger partial charge < -0.3 is 11.1 Å². The first-order valence-corrected chi connectivity index (χ1v) is 8.78. The van der Waals surface area contributed by atoms with Gasteiger partial charge in [0.25, 0.3) is 0 Å². The van der Waals surface area contributed by atoms with Gasteiger partial charge in [-0.05, 0) is 41.2 Å². The van der Waals surface area contributed by atoms with Crippen molar-refractivity contribution in [1.29, 1.82) is 0 Å². The minimum Gasteiger partial charge on any atom is -0.368 e. The molecule has 4 rings (SSSR count). The highest BCUT2D eigenvalue weighted by Crippen LogP contribution is 2.34. The topological polar surface area (TPSA) is 85.8 Å². The van der Waals surface area contributed by atoms with E-state index in [0.717, 1.165) is 18.5 Å². The second-order valence-corrected chi connectivity index (χ2v) is 6.63. The van der Waals surface area contributed by atoms with E-state index in [9.17, 15) is 4.79 Å². The minimum absolute atomic E-state index is 0.0553. The van der Waals surface area contributed by atoms with Crippen LogP contribution in [0.2, 0.25) is 0 Å². The van der Waals surface area contributed by atoms with Crippen molar-refractivity contribution in [2.24, 2.45) is 5.73 Å². The Kier molecular flexibility index (Phi) is 4.50. The first-order valence-electron chi connectivity index (χ1n) is 8.78. The van der Waals surface area contributed by atoms with Gasteiger partial charge in [-0.1, -0.05) is 47.7 Å². The van der Waals surface area contributed by atoms with Crippen LogP contribution in [-0.2, 0) is 24.3 Å². The number of rotatable bonds is 6. The maximum Gasteiger partial charge on any atom is 0.239 e. The van der Waals surface area contributed by atoms with E-state index in [-0.39, 0.29) is 6.54 Å². The number of aryl methyl sites for hydroxylation is 1. The Labute approximate surface area is 152 Å². The van der Waals surface area contributed by atoms with Gasteiger partial charge in [0.05, 0.1) is 11.9 Å². The number of carbonyl (C=O) groups is 1. The van der Waals surface area contributed by atoms with E-state index in [1.165, 1.54) is 26.9 Å². The molecule has 0 fully saturated rings. The number of fused-ring (bicyclic) bond motifs is 1. The standard InChI is InChI=1S/C20H21N5O/c21-20(26)13-25-12-17(23-24-25)11-22-19-9-8-15-6-7-16(10-18(15)19)14-4-2-1-3-5-14/h1-7,10,12,19,22H,8-9,11,13H2,(H2,21,26). The van der Waals surface area contributed by atoms with E-state index in [1.54, 1.807) is 6.20 Å². The largest absolute Gasteiger partial charge is 0.368 e. The fraction of sp³-hybridized carbons (Fsp3) is 0.250. The smallest absolute Gasteiger partial charge is 0.239 e. The van der Waals surface area contributed by atoms with Crippen molar-refractivity contribution in [3.63, 3.8) is 0 Å². The van der Waals surface area contributed by atoms with E-state index >= 15 is 0 Å². The van der Waals surface area contributed by atoms with Crippen LogP contribution in [-0.4, -0.2) is 20.9 Å². The number of aromatic nitrogens is 3. The molecule has 0 spiro atoms. The van der Waals surface area contributed by atoms with E-state index in [1.807, 2.05) is 6.07 Å². The highest BCUT2D eigenvalue weighted by molar-refractivity contribution is 5.73. The van der Waals surface area contributed by atoms with Gasteiger partial charge in [-0.3, -0.25) is 4.79 Å². The first-order chi connectivity index (χ1) is 12.7. The summed E-state index contributed by atoms with van der Waals surface area (Å²) < 4.78 is 1.47. The van der Waals surface area contributed by atoms with Crippen LogP contribution in [0.15, 0.2) is 54.7 Å². The summed E-state index contributed by atoms with van der Waals surface area (Å²) in [6.45, 7) is 0.665. The summed E-state index contributed by atoms with van der Waals surface area (Å²) in [5.74, 6) is -0.424.